The molecule has 1 aromatic rings. The lowest BCUT2D eigenvalue weighted by molar-refractivity contribution is -0.0178. The highest BCUT2D eigenvalue weighted by Gasteiger charge is 2.22. The lowest BCUT2D eigenvalue weighted by atomic mass is 9.85. The number of benzene rings is 1. The van der Waals surface area contributed by atoms with Gasteiger partial charge in [0, 0.05) is 5.56 Å². The molecule has 0 heterocycles. The highest BCUT2D eigenvalue weighted by molar-refractivity contribution is 7.40. The molecule has 17 heavy (non-hydrogen) atoms. The third-order valence-electron chi connectivity index (χ3n) is 2.50. The van der Waals surface area contributed by atoms with E-state index in [0.717, 1.165) is 12.0 Å². The Hall–Kier alpha value is -0.700. The minimum absolute atomic E-state index is 0.146. The summed E-state index contributed by atoms with van der Waals surface area (Å²) in [6.45, 7) is 8.16. The molecule has 0 aromatic heterocycles. The topological polar surface area (TPSA) is 38.7 Å². The van der Waals surface area contributed by atoms with Gasteiger partial charge in [-0.2, -0.15) is 0 Å². The second-order valence-electron chi connectivity index (χ2n) is 4.83. The highest BCUT2D eigenvalue weighted by atomic mass is 31.2. The van der Waals surface area contributed by atoms with Crippen molar-refractivity contribution >= 4 is 8.60 Å². The zero-order chi connectivity index (χ0) is 13.1. The molecule has 0 bridgehead atoms. The molecule has 1 aromatic carbocycles. The van der Waals surface area contributed by atoms with Crippen LogP contribution in [-0.2, 0) is 16.6 Å². The summed E-state index contributed by atoms with van der Waals surface area (Å²) in [5, 5.41) is 0. The second-order valence-corrected chi connectivity index (χ2v) is 5.63. The zero-order valence-corrected chi connectivity index (χ0v) is 11.4. The van der Waals surface area contributed by atoms with E-state index in [4.69, 9.17) is 9.42 Å². The van der Waals surface area contributed by atoms with Gasteiger partial charge < -0.3 is 9.42 Å². The van der Waals surface area contributed by atoms with Gasteiger partial charge in [-0.05, 0) is 28.0 Å². The Morgan fingerprint density at radius 3 is 2.47 bits per heavy atom. The van der Waals surface area contributed by atoms with Gasteiger partial charge in [-0.25, -0.2) is 0 Å². The Kier molecular flexibility index (Phi) is 4.87. The first-order valence-corrected chi connectivity index (χ1v) is 6.60. The van der Waals surface area contributed by atoms with Crippen molar-refractivity contribution in [2.45, 2.75) is 39.5 Å². The normalized spacial score (nSPS) is 13.5. The summed E-state index contributed by atoms with van der Waals surface area (Å²) in [5.41, 5.74) is 1.95. The first kappa shape index (κ1) is 14.4. The first-order chi connectivity index (χ1) is 7.88. The van der Waals surface area contributed by atoms with Crippen molar-refractivity contribution in [3.8, 4) is 5.75 Å². The van der Waals surface area contributed by atoms with Crippen molar-refractivity contribution in [3.63, 3.8) is 0 Å². The summed E-state index contributed by atoms with van der Waals surface area (Å²) < 4.78 is 20.1. The number of hydrogen-bond donors (Lipinski definition) is 1. The second kappa shape index (κ2) is 5.76. The van der Waals surface area contributed by atoms with Gasteiger partial charge in [0.05, 0.1) is 0 Å². The number of hydrogen-bond acceptors (Lipinski definition) is 3. The number of halogens is 1. The van der Waals surface area contributed by atoms with Crippen LogP contribution in [0, 0.1) is 0 Å². The van der Waals surface area contributed by atoms with Crippen LogP contribution in [0.4, 0.5) is 4.53 Å². The Morgan fingerprint density at radius 1 is 1.35 bits per heavy atom. The average Bonchev–Trinajstić information content (AvgIpc) is 2.28. The van der Waals surface area contributed by atoms with E-state index in [-0.39, 0.29) is 5.41 Å². The Morgan fingerprint density at radius 2 is 2.00 bits per heavy atom. The Labute approximate surface area is 102 Å². The van der Waals surface area contributed by atoms with Crippen molar-refractivity contribution in [1.82, 2.24) is 0 Å². The molecule has 1 rings (SSSR count). The molecule has 3 nitrogen and oxygen atoms in total. The summed E-state index contributed by atoms with van der Waals surface area (Å²) in [6, 6.07) is 5.65. The maximum absolute atomic E-state index is 11.8. The van der Waals surface area contributed by atoms with Gasteiger partial charge in [-0.3, -0.25) is 0 Å². The molecule has 0 aliphatic rings. The summed E-state index contributed by atoms with van der Waals surface area (Å²) in [6.07, 6.45) is 0.914. The fourth-order valence-corrected chi connectivity index (χ4v) is 1.92. The van der Waals surface area contributed by atoms with E-state index >= 15 is 0 Å². The monoisotopic (exact) mass is 260 g/mol. The van der Waals surface area contributed by atoms with E-state index in [1.54, 1.807) is 6.07 Å². The van der Waals surface area contributed by atoms with Crippen LogP contribution in [0.15, 0.2) is 18.2 Å². The minimum Gasteiger partial charge on any atom is -0.425 e. The molecular formula is C12H18FO3P. The van der Waals surface area contributed by atoms with Gasteiger partial charge in [-0.1, -0.05) is 44.6 Å². The molecule has 0 spiro atoms. The molecule has 0 radical (unpaired) electrons. The smallest absolute Gasteiger partial charge is 0.425 e. The molecule has 0 saturated heterocycles. The van der Waals surface area contributed by atoms with Crippen LogP contribution in [0.2, 0.25) is 0 Å². The summed E-state index contributed by atoms with van der Waals surface area (Å²) in [4.78, 5) is 9.07. The van der Waals surface area contributed by atoms with Crippen molar-refractivity contribution in [2.75, 3.05) is 0 Å². The van der Waals surface area contributed by atoms with Gasteiger partial charge in [0.1, 0.15) is 5.75 Å². The quantitative estimate of drug-likeness (QED) is 0.830. The van der Waals surface area contributed by atoms with Crippen LogP contribution >= 0.6 is 8.60 Å². The molecule has 0 aliphatic heterocycles. The number of rotatable bonds is 4. The van der Waals surface area contributed by atoms with Crippen LogP contribution in [0.25, 0.3) is 0 Å². The Balaban J connectivity index is 3.11. The van der Waals surface area contributed by atoms with E-state index in [9.17, 15) is 4.53 Å². The summed E-state index contributed by atoms with van der Waals surface area (Å²) in [5.74, 6) is 0.459. The largest absolute Gasteiger partial charge is 0.428 e. The minimum atomic E-state index is -2.50. The van der Waals surface area contributed by atoms with E-state index in [1.807, 2.05) is 32.9 Å². The SMILES string of the molecule is CCc1ccc(OP(O)OF)c(C(C)(C)C)c1. The zero-order valence-electron chi connectivity index (χ0n) is 10.5. The Bertz CT molecular complexity index is 377. The van der Waals surface area contributed by atoms with E-state index in [0.29, 0.717) is 5.75 Å². The molecule has 1 atom stereocenters. The van der Waals surface area contributed by atoms with E-state index in [2.05, 4.69) is 11.7 Å². The van der Waals surface area contributed by atoms with Crippen molar-refractivity contribution in [3.05, 3.63) is 29.3 Å². The predicted octanol–water partition coefficient (Wildman–Crippen LogP) is 4.05. The first-order valence-electron chi connectivity index (χ1n) is 5.47. The number of aryl methyl sites for hydroxylation is 1. The highest BCUT2D eigenvalue weighted by Crippen LogP contribution is 2.40. The molecule has 5 heteroatoms. The molecule has 0 saturated carbocycles. The van der Waals surface area contributed by atoms with Crippen LogP contribution < -0.4 is 4.52 Å². The summed E-state index contributed by atoms with van der Waals surface area (Å²) >= 11 is 0. The lowest BCUT2D eigenvalue weighted by Crippen LogP contribution is -2.13. The maximum atomic E-state index is 11.8. The molecular weight excluding hydrogens is 242 g/mol. The van der Waals surface area contributed by atoms with Crippen LogP contribution in [0.1, 0.15) is 38.8 Å². The molecule has 1 unspecified atom stereocenters. The maximum Gasteiger partial charge on any atom is 0.428 e. The van der Waals surface area contributed by atoms with Gasteiger partial charge in [0.25, 0.3) is 0 Å². The molecule has 96 valence electrons. The van der Waals surface area contributed by atoms with Crippen LogP contribution in [0.5, 0.6) is 5.75 Å². The van der Waals surface area contributed by atoms with Crippen molar-refractivity contribution in [1.29, 1.82) is 0 Å². The van der Waals surface area contributed by atoms with E-state index in [1.165, 1.54) is 5.56 Å². The molecule has 0 amide bonds. The third-order valence-corrected chi connectivity index (χ3v) is 2.97. The van der Waals surface area contributed by atoms with Crippen LogP contribution in [-0.4, -0.2) is 4.89 Å². The van der Waals surface area contributed by atoms with E-state index < -0.39 is 8.60 Å². The molecule has 0 fully saturated rings. The third kappa shape index (κ3) is 3.91. The van der Waals surface area contributed by atoms with Crippen molar-refractivity contribution < 1.29 is 18.7 Å². The average molecular weight is 260 g/mol. The standard InChI is InChI=1S/C12H18FO3P/c1-5-9-6-7-11(15-17(14)16-13)10(8-9)12(2,3)4/h6-8,14H,5H2,1-4H3. The van der Waals surface area contributed by atoms with Gasteiger partial charge in [0.15, 0.2) is 0 Å². The van der Waals surface area contributed by atoms with Gasteiger partial charge in [0.2, 0.25) is 0 Å². The predicted molar refractivity (Wildman–Crippen MR) is 66.5 cm³/mol. The molecule has 0 aliphatic carbocycles. The van der Waals surface area contributed by atoms with Gasteiger partial charge in [-0.15, -0.1) is 0 Å². The van der Waals surface area contributed by atoms with Crippen LogP contribution in [0.3, 0.4) is 0 Å². The summed E-state index contributed by atoms with van der Waals surface area (Å²) in [7, 11) is -2.50. The van der Waals surface area contributed by atoms with Gasteiger partial charge >= 0.3 is 8.60 Å². The fraction of sp³-hybridized carbons (Fsp3) is 0.500. The lowest BCUT2D eigenvalue weighted by Gasteiger charge is -2.23. The van der Waals surface area contributed by atoms with Crippen molar-refractivity contribution in [2.24, 2.45) is 0 Å². The molecule has 1 N–H and O–H groups in total. The fourth-order valence-electron chi connectivity index (χ4n) is 1.56.